The predicted molar refractivity (Wildman–Crippen MR) is 106 cm³/mol. The summed E-state index contributed by atoms with van der Waals surface area (Å²) in [6, 6.07) is 12.1. The number of benzene rings is 2. The molecule has 0 radical (unpaired) electrons. The molecule has 0 aromatic heterocycles. The molecule has 0 fully saturated rings. The molecule has 3 nitrogen and oxygen atoms in total. The first-order valence-electron chi connectivity index (χ1n) is 9.09. The third kappa shape index (κ3) is 4.90. The maximum absolute atomic E-state index is 6.41. The first-order chi connectivity index (χ1) is 12.1. The van der Waals surface area contributed by atoms with Gasteiger partial charge in [0.1, 0.15) is 5.75 Å². The number of halogens is 1. The van der Waals surface area contributed by atoms with Crippen molar-refractivity contribution in [2.24, 2.45) is 0 Å². The smallest absolute Gasteiger partial charge is 0.122 e. The average Bonchev–Trinajstić information content (AvgIpc) is 2.81. The van der Waals surface area contributed by atoms with Crippen LogP contribution >= 0.6 is 11.6 Å². The molecule has 2 aromatic carbocycles. The van der Waals surface area contributed by atoms with Crippen LogP contribution in [-0.2, 0) is 19.3 Å². The van der Waals surface area contributed by atoms with Crippen molar-refractivity contribution in [1.29, 1.82) is 0 Å². The van der Waals surface area contributed by atoms with Crippen LogP contribution in [-0.4, -0.2) is 31.6 Å². The van der Waals surface area contributed by atoms with E-state index in [4.69, 9.17) is 22.1 Å². The molecule has 3 rings (SSSR count). The van der Waals surface area contributed by atoms with Gasteiger partial charge in [-0.15, -0.1) is 0 Å². The normalized spacial score (nSPS) is 14.8. The van der Waals surface area contributed by atoms with Crippen LogP contribution in [0.4, 0.5) is 5.69 Å². The Balaban J connectivity index is 1.52. The number of fused-ring (bicyclic) bond motifs is 1. The maximum atomic E-state index is 6.41. The highest BCUT2D eigenvalue weighted by atomic mass is 35.5. The summed E-state index contributed by atoms with van der Waals surface area (Å²) in [7, 11) is 2.16. The topological polar surface area (TPSA) is 38.5 Å². The Kier molecular flexibility index (Phi) is 6.22. The molecular formula is C21H27ClN2O. The van der Waals surface area contributed by atoms with Gasteiger partial charge in [0.15, 0.2) is 0 Å². The molecule has 2 N–H and O–H groups in total. The van der Waals surface area contributed by atoms with Crippen LogP contribution in [0.2, 0.25) is 5.02 Å². The van der Waals surface area contributed by atoms with Crippen molar-refractivity contribution in [3.05, 3.63) is 58.1 Å². The van der Waals surface area contributed by atoms with Crippen molar-refractivity contribution < 1.29 is 4.74 Å². The Bertz CT molecular complexity index is 700. The molecule has 1 aliphatic rings. The van der Waals surface area contributed by atoms with Gasteiger partial charge in [-0.25, -0.2) is 0 Å². The SMILES string of the molecule is CN1CCc2c(Cl)ccc(OCCCCc3ccc(N)cc3)c2CC1. The molecule has 134 valence electrons. The molecule has 0 spiro atoms. The fourth-order valence-electron chi connectivity index (χ4n) is 3.34. The number of likely N-dealkylation sites (N-methyl/N-ethyl adjacent to an activating group) is 1. The molecule has 0 bridgehead atoms. The third-order valence-corrected chi connectivity index (χ3v) is 5.27. The maximum Gasteiger partial charge on any atom is 0.122 e. The number of hydrogen-bond acceptors (Lipinski definition) is 3. The Morgan fingerprint density at radius 1 is 1.00 bits per heavy atom. The van der Waals surface area contributed by atoms with E-state index < -0.39 is 0 Å². The van der Waals surface area contributed by atoms with Crippen molar-refractivity contribution in [1.82, 2.24) is 4.90 Å². The number of hydrogen-bond donors (Lipinski definition) is 1. The molecule has 0 amide bonds. The molecule has 1 aliphatic heterocycles. The van der Waals surface area contributed by atoms with Gasteiger partial charge in [-0.2, -0.15) is 0 Å². The summed E-state index contributed by atoms with van der Waals surface area (Å²) in [4.78, 5) is 2.35. The number of anilines is 1. The lowest BCUT2D eigenvalue weighted by molar-refractivity contribution is 0.302. The number of ether oxygens (including phenoxy) is 1. The van der Waals surface area contributed by atoms with Gasteiger partial charge in [0.25, 0.3) is 0 Å². The van der Waals surface area contributed by atoms with Crippen LogP contribution in [0.3, 0.4) is 0 Å². The summed E-state index contributed by atoms with van der Waals surface area (Å²) in [6.07, 6.45) is 5.23. The summed E-state index contributed by atoms with van der Waals surface area (Å²) >= 11 is 6.41. The van der Waals surface area contributed by atoms with Gasteiger partial charge in [0.05, 0.1) is 6.61 Å². The van der Waals surface area contributed by atoms with Crippen molar-refractivity contribution in [2.75, 3.05) is 32.5 Å². The van der Waals surface area contributed by atoms with E-state index in [2.05, 4.69) is 24.1 Å². The van der Waals surface area contributed by atoms with Crippen molar-refractivity contribution in [3.8, 4) is 5.75 Å². The van der Waals surface area contributed by atoms with Crippen LogP contribution in [0.15, 0.2) is 36.4 Å². The number of aryl methyl sites for hydroxylation is 1. The summed E-state index contributed by atoms with van der Waals surface area (Å²) in [5.41, 5.74) is 10.4. The zero-order chi connectivity index (χ0) is 17.6. The monoisotopic (exact) mass is 358 g/mol. The largest absolute Gasteiger partial charge is 0.493 e. The van der Waals surface area contributed by atoms with E-state index in [-0.39, 0.29) is 0 Å². The second kappa shape index (κ2) is 8.59. The number of nitrogens with two attached hydrogens (primary N) is 1. The summed E-state index contributed by atoms with van der Waals surface area (Å²) in [5.74, 6) is 1.02. The predicted octanol–water partition coefficient (Wildman–Crippen LogP) is 4.35. The molecule has 2 aromatic rings. The van der Waals surface area contributed by atoms with E-state index in [9.17, 15) is 0 Å². The molecule has 0 unspecified atom stereocenters. The highest BCUT2D eigenvalue weighted by Gasteiger charge is 2.18. The Hall–Kier alpha value is -1.71. The standard InChI is InChI=1S/C21H27ClN2O/c1-24-13-11-18-19(12-14-24)21(10-9-20(18)22)25-15-3-2-4-16-5-7-17(23)8-6-16/h5-10H,2-4,11-15,23H2,1H3. The Morgan fingerprint density at radius 2 is 1.72 bits per heavy atom. The van der Waals surface area contributed by atoms with Crippen LogP contribution in [0.25, 0.3) is 0 Å². The number of nitrogens with zero attached hydrogens (tertiary/aromatic N) is 1. The van der Waals surface area contributed by atoms with E-state index in [0.717, 1.165) is 68.3 Å². The van der Waals surface area contributed by atoms with Crippen molar-refractivity contribution in [3.63, 3.8) is 0 Å². The lowest BCUT2D eigenvalue weighted by Crippen LogP contribution is -2.20. The van der Waals surface area contributed by atoms with Crippen LogP contribution in [0, 0.1) is 0 Å². The third-order valence-electron chi connectivity index (χ3n) is 4.92. The van der Waals surface area contributed by atoms with Gasteiger partial charge in [0.2, 0.25) is 0 Å². The van der Waals surface area contributed by atoms with E-state index in [0.29, 0.717) is 0 Å². The second-order valence-corrected chi connectivity index (χ2v) is 7.26. The van der Waals surface area contributed by atoms with Crippen LogP contribution in [0.5, 0.6) is 5.75 Å². The van der Waals surface area contributed by atoms with Gasteiger partial charge >= 0.3 is 0 Å². The molecule has 1 heterocycles. The van der Waals surface area contributed by atoms with E-state index >= 15 is 0 Å². The zero-order valence-corrected chi connectivity index (χ0v) is 15.7. The molecule has 4 heteroatoms. The minimum atomic E-state index is 0.749. The first kappa shape index (κ1) is 18.1. The van der Waals surface area contributed by atoms with E-state index in [1.165, 1.54) is 16.7 Å². The first-order valence-corrected chi connectivity index (χ1v) is 9.47. The fraction of sp³-hybridized carbons (Fsp3) is 0.429. The lowest BCUT2D eigenvalue weighted by atomic mass is 10.0. The lowest BCUT2D eigenvalue weighted by Gasteiger charge is -2.15. The minimum absolute atomic E-state index is 0.749. The molecule has 25 heavy (non-hydrogen) atoms. The highest BCUT2D eigenvalue weighted by molar-refractivity contribution is 6.31. The Morgan fingerprint density at radius 3 is 2.48 bits per heavy atom. The van der Waals surface area contributed by atoms with Gasteiger partial charge in [0, 0.05) is 29.4 Å². The van der Waals surface area contributed by atoms with E-state index in [1.54, 1.807) is 0 Å². The van der Waals surface area contributed by atoms with Crippen molar-refractivity contribution in [2.45, 2.75) is 32.1 Å². The number of unbranched alkanes of at least 4 members (excludes halogenated alkanes) is 1. The number of rotatable bonds is 6. The summed E-state index contributed by atoms with van der Waals surface area (Å²) in [5, 5.41) is 0.876. The van der Waals surface area contributed by atoms with Gasteiger partial charge in [-0.05, 0) is 74.5 Å². The van der Waals surface area contributed by atoms with Gasteiger partial charge in [-0.1, -0.05) is 23.7 Å². The average molecular weight is 359 g/mol. The second-order valence-electron chi connectivity index (χ2n) is 6.85. The van der Waals surface area contributed by atoms with Crippen LogP contribution < -0.4 is 10.5 Å². The highest BCUT2D eigenvalue weighted by Crippen LogP contribution is 2.31. The molecule has 0 saturated carbocycles. The summed E-state index contributed by atoms with van der Waals surface area (Å²) < 4.78 is 6.11. The minimum Gasteiger partial charge on any atom is -0.493 e. The zero-order valence-electron chi connectivity index (χ0n) is 14.9. The van der Waals surface area contributed by atoms with Crippen molar-refractivity contribution >= 4 is 17.3 Å². The van der Waals surface area contributed by atoms with Gasteiger partial charge < -0.3 is 15.4 Å². The van der Waals surface area contributed by atoms with Gasteiger partial charge in [-0.3, -0.25) is 0 Å². The number of nitrogen functional groups attached to an aromatic ring is 1. The van der Waals surface area contributed by atoms with Crippen LogP contribution in [0.1, 0.15) is 29.5 Å². The molecule has 0 aliphatic carbocycles. The fourth-order valence-corrected chi connectivity index (χ4v) is 3.61. The van der Waals surface area contributed by atoms with E-state index in [1.807, 2.05) is 24.3 Å². The molecular weight excluding hydrogens is 332 g/mol. The Labute approximate surface area is 155 Å². The summed E-state index contributed by atoms with van der Waals surface area (Å²) in [6.45, 7) is 2.86. The molecule has 0 atom stereocenters. The molecule has 0 saturated heterocycles. The quantitative estimate of drug-likeness (QED) is 0.616.